The maximum atomic E-state index is 12.5. The normalized spacial score (nSPS) is 12.4. The molecule has 7 heteroatoms. The lowest BCUT2D eigenvalue weighted by atomic mass is 10.1. The van der Waals surface area contributed by atoms with Crippen LogP contribution in [0.4, 0.5) is 0 Å². The minimum absolute atomic E-state index is 0.125. The highest BCUT2D eigenvalue weighted by atomic mass is 32.2. The number of amides is 1. The molecule has 28 heavy (non-hydrogen) atoms. The van der Waals surface area contributed by atoms with E-state index in [2.05, 4.69) is 5.32 Å². The standard InChI is InChI=1S/C21H19NO5S/c23-20(17-11-10-15-6-4-5-7-16(15)14-17)22-19(21(24)25)12-13-28(26,27)18-8-2-1-3-9-18/h1-11,14,19H,12-13H2,(H,22,23)(H,24,25)/t19-/m0/s1. The Labute approximate surface area is 162 Å². The second-order valence-corrected chi connectivity index (χ2v) is 8.46. The molecule has 0 spiro atoms. The highest BCUT2D eigenvalue weighted by Gasteiger charge is 2.24. The van der Waals surface area contributed by atoms with Gasteiger partial charge in [0, 0.05) is 5.56 Å². The molecular formula is C21H19NO5S. The summed E-state index contributed by atoms with van der Waals surface area (Å²) in [6.45, 7) is 0. The molecule has 6 nitrogen and oxygen atoms in total. The van der Waals surface area contributed by atoms with Crippen LogP contribution in [0.1, 0.15) is 16.8 Å². The number of hydrogen-bond acceptors (Lipinski definition) is 4. The second-order valence-electron chi connectivity index (χ2n) is 6.35. The Morgan fingerprint density at radius 1 is 0.893 bits per heavy atom. The van der Waals surface area contributed by atoms with Gasteiger partial charge in [0.25, 0.3) is 5.91 Å². The summed E-state index contributed by atoms with van der Waals surface area (Å²) in [4.78, 5) is 24.1. The Hall–Kier alpha value is -3.19. The van der Waals surface area contributed by atoms with E-state index in [1.807, 2.05) is 24.3 Å². The molecule has 0 aliphatic heterocycles. The van der Waals surface area contributed by atoms with Gasteiger partial charge in [-0.2, -0.15) is 0 Å². The lowest BCUT2D eigenvalue weighted by Gasteiger charge is -2.15. The van der Waals surface area contributed by atoms with Gasteiger partial charge in [0.05, 0.1) is 10.6 Å². The van der Waals surface area contributed by atoms with Crippen LogP contribution >= 0.6 is 0 Å². The van der Waals surface area contributed by atoms with Gasteiger partial charge in [-0.25, -0.2) is 13.2 Å². The first-order chi connectivity index (χ1) is 13.4. The summed E-state index contributed by atoms with van der Waals surface area (Å²) >= 11 is 0. The van der Waals surface area contributed by atoms with Crippen molar-refractivity contribution in [2.75, 3.05) is 5.75 Å². The van der Waals surface area contributed by atoms with Crippen molar-refractivity contribution in [1.82, 2.24) is 5.32 Å². The average Bonchev–Trinajstić information content (AvgIpc) is 2.71. The van der Waals surface area contributed by atoms with Crippen LogP contribution in [0.3, 0.4) is 0 Å². The Morgan fingerprint density at radius 3 is 2.21 bits per heavy atom. The van der Waals surface area contributed by atoms with Gasteiger partial charge < -0.3 is 10.4 Å². The molecule has 3 aromatic carbocycles. The number of fused-ring (bicyclic) bond motifs is 1. The van der Waals surface area contributed by atoms with E-state index in [4.69, 9.17) is 0 Å². The highest BCUT2D eigenvalue weighted by molar-refractivity contribution is 7.91. The molecule has 1 amide bonds. The molecule has 3 rings (SSSR count). The number of aliphatic carboxylic acids is 1. The summed E-state index contributed by atoms with van der Waals surface area (Å²) in [5.74, 6) is -2.22. The third-order valence-corrected chi connectivity index (χ3v) is 6.16. The van der Waals surface area contributed by atoms with Crippen LogP contribution < -0.4 is 5.32 Å². The zero-order chi connectivity index (χ0) is 20.1. The van der Waals surface area contributed by atoms with Crippen molar-refractivity contribution in [1.29, 1.82) is 0 Å². The van der Waals surface area contributed by atoms with Crippen molar-refractivity contribution in [2.45, 2.75) is 17.4 Å². The SMILES string of the molecule is O=C(N[C@@H](CCS(=O)(=O)c1ccccc1)C(=O)O)c1ccc2ccccc2c1. The summed E-state index contributed by atoms with van der Waals surface area (Å²) in [5, 5.41) is 13.6. The molecule has 0 fully saturated rings. The quantitative estimate of drug-likeness (QED) is 0.638. The molecule has 1 atom stereocenters. The fourth-order valence-electron chi connectivity index (χ4n) is 2.85. The van der Waals surface area contributed by atoms with Gasteiger partial charge in [-0.3, -0.25) is 4.79 Å². The van der Waals surface area contributed by atoms with Gasteiger partial charge in [0.15, 0.2) is 9.84 Å². The van der Waals surface area contributed by atoms with Gasteiger partial charge in [0.1, 0.15) is 6.04 Å². The largest absolute Gasteiger partial charge is 0.480 e. The number of benzene rings is 3. The molecule has 2 N–H and O–H groups in total. The zero-order valence-electron chi connectivity index (χ0n) is 14.9. The molecule has 0 aromatic heterocycles. The Bertz CT molecular complexity index is 1110. The third-order valence-electron chi connectivity index (χ3n) is 4.39. The van der Waals surface area contributed by atoms with Crippen molar-refractivity contribution in [3.05, 3.63) is 78.4 Å². The lowest BCUT2D eigenvalue weighted by Crippen LogP contribution is -2.41. The molecule has 0 heterocycles. The molecule has 0 aliphatic carbocycles. The first-order valence-corrected chi connectivity index (χ1v) is 10.3. The van der Waals surface area contributed by atoms with Gasteiger partial charge in [0.2, 0.25) is 0 Å². The number of carboxylic acid groups (broad SMARTS) is 1. The number of hydrogen-bond donors (Lipinski definition) is 2. The van der Waals surface area contributed by atoms with Gasteiger partial charge >= 0.3 is 5.97 Å². The summed E-state index contributed by atoms with van der Waals surface area (Å²) in [6, 6.07) is 19.1. The minimum Gasteiger partial charge on any atom is -0.480 e. The molecule has 0 saturated heterocycles. The lowest BCUT2D eigenvalue weighted by molar-refractivity contribution is -0.139. The number of rotatable bonds is 7. The van der Waals surface area contributed by atoms with Crippen LogP contribution in [-0.4, -0.2) is 37.2 Å². The van der Waals surface area contributed by atoms with Crippen molar-refractivity contribution < 1.29 is 23.1 Å². The Kier molecular flexibility index (Phi) is 5.75. The van der Waals surface area contributed by atoms with Crippen molar-refractivity contribution in [3.63, 3.8) is 0 Å². The number of carboxylic acids is 1. The summed E-state index contributed by atoms with van der Waals surface area (Å²) in [7, 11) is -3.63. The van der Waals surface area contributed by atoms with E-state index >= 15 is 0 Å². The maximum Gasteiger partial charge on any atom is 0.326 e. The molecule has 0 aliphatic rings. The third kappa shape index (κ3) is 4.55. The number of carbonyl (C=O) groups is 2. The number of sulfone groups is 1. The molecule has 0 bridgehead atoms. The number of carbonyl (C=O) groups excluding carboxylic acids is 1. The first-order valence-electron chi connectivity index (χ1n) is 8.67. The topological polar surface area (TPSA) is 101 Å². The fraction of sp³-hybridized carbons (Fsp3) is 0.143. The van der Waals surface area contributed by atoms with Crippen LogP contribution in [0.15, 0.2) is 77.7 Å². The summed E-state index contributed by atoms with van der Waals surface area (Å²) < 4.78 is 24.7. The number of nitrogens with one attached hydrogen (secondary N) is 1. The molecule has 3 aromatic rings. The van der Waals surface area contributed by atoms with Crippen LogP contribution in [0.5, 0.6) is 0 Å². The van der Waals surface area contributed by atoms with E-state index in [-0.39, 0.29) is 17.1 Å². The van der Waals surface area contributed by atoms with Crippen molar-refractivity contribution in [2.24, 2.45) is 0 Å². The molecule has 0 radical (unpaired) electrons. The molecule has 0 unspecified atom stereocenters. The van der Waals surface area contributed by atoms with Crippen LogP contribution in [0, 0.1) is 0 Å². The zero-order valence-corrected chi connectivity index (χ0v) is 15.7. The summed E-state index contributed by atoms with van der Waals surface area (Å²) in [5.41, 5.74) is 0.316. The molecule has 0 saturated carbocycles. The van der Waals surface area contributed by atoms with Crippen LogP contribution in [0.25, 0.3) is 10.8 Å². The van der Waals surface area contributed by atoms with E-state index in [1.165, 1.54) is 12.1 Å². The average molecular weight is 397 g/mol. The molecular weight excluding hydrogens is 378 g/mol. The van der Waals surface area contributed by atoms with Gasteiger partial charge in [-0.15, -0.1) is 0 Å². The fourth-order valence-corrected chi connectivity index (χ4v) is 4.20. The van der Waals surface area contributed by atoms with Crippen molar-refractivity contribution >= 4 is 32.5 Å². The van der Waals surface area contributed by atoms with E-state index in [1.54, 1.807) is 36.4 Å². The van der Waals surface area contributed by atoms with Crippen molar-refractivity contribution in [3.8, 4) is 0 Å². The highest BCUT2D eigenvalue weighted by Crippen LogP contribution is 2.16. The molecule has 144 valence electrons. The first kappa shape index (κ1) is 19.6. The monoisotopic (exact) mass is 397 g/mol. The smallest absolute Gasteiger partial charge is 0.326 e. The predicted octanol–water partition coefficient (Wildman–Crippen LogP) is 2.89. The predicted molar refractivity (Wildman–Crippen MR) is 106 cm³/mol. The Morgan fingerprint density at radius 2 is 1.54 bits per heavy atom. The Balaban J connectivity index is 1.71. The summed E-state index contributed by atoms with van der Waals surface area (Å²) in [6.07, 6.45) is -0.230. The van der Waals surface area contributed by atoms with E-state index < -0.39 is 27.8 Å². The van der Waals surface area contributed by atoms with E-state index in [0.717, 1.165) is 10.8 Å². The maximum absolute atomic E-state index is 12.5. The van der Waals surface area contributed by atoms with Crippen LogP contribution in [0.2, 0.25) is 0 Å². The van der Waals surface area contributed by atoms with Gasteiger partial charge in [-0.05, 0) is 41.5 Å². The van der Waals surface area contributed by atoms with E-state index in [0.29, 0.717) is 5.56 Å². The van der Waals surface area contributed by atoms with E-state index in [9.17, 15) is 23.1 Å². The van der Waals surface area contributed by atoms with Gasteiger partial charge in [-0.1, -0.05) is 48.5 Å². The second kappa shape index (κ2) is 8.22. The van der Waals surface area contributed by atoms with Crippen LogP contribution in [-0.2, 0) is 14.6 Å². The minimum atomic E-state index is -3.63.